The van der Waals surface area contributed by atoms with Gasteiger partial charge >= 0.3 is 6.09 Å². The largest absolute Gasteiger partial charge is 0.493 e. The van der Waals surface area contributed by atoms with Crippen LogP contribution in [0.5, 0.6) is 17.2 Å². The molecule has 34 heavy (non-hydrogen) atoms. The summed E-state index contributed by atoms with van der Waals surface area (Å²) in [6.45, 7) is 8.75. The minimum Gasteiger partial charge on any atom is -0.493 e. The Labute approximate surface area is 201 Å². The molecule has 1 aromatic carbocycles. The number of Topliss-reactive ketones (excluding diaryl/α,β-unsaturated/α-hetero) is 1. The molecule has 0 aliphatic carbocycles. The molecule has 0 saturated carbocycles. The molecule has 2 rings (SSSR count). The standard InChI is InChI=1S/C25H36N2O7/c1-25(2,3)34-24(30)27-11-7-10-26(13-14-27)12-8-18(9-15-28)22(29)19-16-20(31-4)23(33-6)21(17-19)32-5/h9,16-18H,7-8,10-14H2,1-6H3. The summed E-state index contributed by atoms with van der Waals surface area (Å²) in [5, 5.41) is 0. The van der Waals surface area contributed by atoms with E-state index in [9.17, 15) is 14.4 Å². The van der Waals surface area contributed by atoms with Gasteiger partial charge in [-0.3, -0.25) is 4.79 Å². The van der Waals surface area contributed by atoms with Gasteiger partial charge in [0.15, 0.2) is 17.3 Å². The number of rotatable bonds is 9. The van der Waals surface area contributed by atoms with Crippen molar-refractivity contribution >= 4 is 17.8 Å². The third-order valence-corrected chi connectivity index (χ3v) is 5.55. The SMILES string of the molecule is COc1cc(C(=O)C(C=C=O)CCN2CCCN(C(=O)OC(C)(C)C)CC2)cc(OC)c1OC. The van der Waals surface area contributed by atoms with Crippen LogP contribution < -0.4 is 14.2 Å². The Kier molecular flexibility index (Phi) is 9.96. The summed E-state index contributed by atoms with van der Waals surface area (Å²) in [5.41, 5.74) is -0.178. The van der Waals surface area contributed by atoms with Crippen molar-refractivity contribution in [1.82, 2.24) is 9.80 Å². The third kappa shape index (κ3) is 7.50. The first-order chi connectivity index (χ1) is 16.1. The second kappa shape index (κ2) is 12.4. The summed E-state index contributed by atoms with van der Waals surface area (Å²) in [5.74, 6) is 2.02. The first-order valence-corrected chi connectivity index (χ1v) is 11.4. The number of hydrogen-bond donors (Lipinski definition) is 0. The van der Waals surface area contributed by atoms with E-state index in [0.717, 1.165) is 13.0 Å². The van der Waals surface area contributed by atoms with Crippen molar-refractivity contribution in [2.24, 2.45) is 5.92 Å². The van der Waals surface area contributed by atoms with E-state index in [1.165, 1.54) is 27.4 Å². The van der Waals surface area contributed by atoms with Gasteiger partial charge in [0.1, 0.15) is 11.5 Å². The highest BCUT2D eigenvalue weighted by molar-refractivity contribution is 6.00. The van der Waals surface area contributed by atoms with Crippen molar-refractivity contribution in [2.45, 2.75) is 39.2 Å². The van der Waals surface area contributed by atoms with Gasteiger partial charge in [-0.1, -0.05) is 0 Å². The van der Waals surface area contributed by atoms with Gasteiger partial charge in [-0.05, 0) is 58.8 Å². The molecule has 9 nitrogen and oxygen atoms in total. The van der Waals surface area contributed by atoms with Crippen LogP contribution in [0.4, 0.5) is 4.79 Å². The summed E-state index contributed by atoms with van der Waals surface area (Å²) >= 11 is 0. The predicted octanol–water partition coefficient (Wildman–Crippen LogP) is 3.23. The second-order valence-electron chi connectivity index (χ2n) is 9.12. The highest BCUT2D eigenvalue weighted by atomic mass is 16.6. The van der Waals surface area contributed by atoms with Gasteiger partial charge in [-0.25, -0.2) is 9.59 Å². The average Bonchev–Trinajstić information content (AvgIpc) is 3.05. The zero-order valence-corrected chi connectivity index (χ0v) is 21.0. The molecule has 1 amide bonds. The summed E-state index contributed by atoms with van der Waals surface area (Å²) in [7, 11) is 4.45. The number of ketones is 1. The van der Waals surface area contributed by atoms with E-state index in [0.29, 0.717) is 55.4 Å². The molecule has 1 heterocycles. The van der Waals surface area contributed by atoms with E-state index < -0.39 is 11.5 Å². The predicted molar refractivity (Wildman–Crippen MR) is 128 cm³/mol. The summed E-state index contributed by atoms with van der Waals surface area (Å²) < 4.78 is 21.5. The van der Waals surface area contributed by atoms with Crippen LogP contribution >= 0.6 is 0 Å². The molecule has 0 N–H and O–H groups in total. The lowest BCUT2D eigenvalue weighted by Crippen LogP contribution is -2.39. The van der Waals surface area contributed by atoms with Gasteiger partial charge in [0.2, 0.25) is 5.75 Å². The minimum atomic E-state index is -0.648. The van der Waals surface area contributed by atoms with Crippen molar-refractivity contribution in [3.63, 3.8) is 0 Å². The lowest BCUT2D eigenvalue weighted by atomic mass is 9.93. The third-order valence-electron chi connectivity index (χ3n) is 5.55. The molecule has 9 heteroatoms. The number of hydrogen-bond acceptors (Lipinski definition) is 8. The quantitative estimate of drug-likeness (QED) is 0.396. The van der Waals surface area contributed by atoms with Crippen molar-refractivity contribution < 1.29 is 33.3 Å². The molecule has 0 spiro atoms. The molecule has 1 fully saturated rings. The Bertz CT molecular complexity index is 878. The molecule has 1 aliphatic heterocycles. The maximum atomic E-state index is 13.2. The fourth-order valence-electron chi connectivity index (χ4n) is 3.83. The summed E-state index contributed by atoms with van der Waals surface area (Å²) in [4.78, 5) is 40.7. The first-order valence-electron chi connectivity index (χ1n) is 11.4. The lowest BCUT2D eigenvalue weighted by molar-refractivity contribution is 0.0257. The molecule has 188 valence electrons. The van der Waals surface area contributed by atoms with Crippen molar-refractivity contribution in [1.29, 1.82) is 0 Å². The van der Waals surface area contributed by atoms with Crippen LogP contribution in [0.2, 0.25) is 0 Å². The smallest absolute Gasteiger partial charge is 0.410 e. The number of ether oxygens (including phenoxy) is 4. The molecule has 1 aliphatic rings. The average molecular weight is 477 g/mol. The van der Waals surface area contributed by atoms with E-state index in [4.69, 9.17) is 18.9 Å². The van der Waals surface area contributed by atoms with Gasteiger partial charge in [-0.2, -0.15) is 0 Å². The van der Waals surface area contributed by atoms with Crippen molar-refractivity contribution in [3.8, 4) is 17.2 Å². The maximum absolute atomic E-state index is 13.2. The molecule has 1 unspecified atom stereocenters. The Balaban J connectivity index is 2.06. The summed E-state index contributed by atoms with van der Waals surface area (Å²) in [6, 6.07) is 3.17. The van der Waals surface area contributed by atoms with Crippen LogP contribution in [0.3, 0.4) is 0 Å². The molecule has 1 atom stereocenters. The van der Waals surface area contributed by atoms with Crippen LogP contribution in [0.25, 0.3) is 0 Å². The molecule has 0 aromatic heterocycles. The molecule has 0 bridgehead atoms. The van der Waals surface area contributed by atoms with E-state index in [-0.39, 0.29) is 11.9 Å². The number of carbonyl (C=O) groups is 2. The Hall–Kier alpha value is -3.03. The number of amides is 1. The van der Waals surface area contributed by atoms with Crippen LogP contribution in [0.1, 0.15) is 44.0 Å². The highest BCUT2D eigenvalue weighted by Gasteiger charge is 2.26. The highest BCUT2D eigenvalue weighted by Crippen LogP contribution is 2.39. The van der Waals surface area contributed by atoms with Gasteiger partial charge < -0.3 is 28.7 Å². The Morgan fingerprint density at radius 1 is 1.03 bits per heavy atom. The van der Waals surface area contributed by atoms with Gasteiger partial charge in [-0.15, -0.1) is 0 Å². The lowest BCUT2D eigenvalue weighted by Gasteiger charge is -2.26. The topological polar surface area (TPSA) is 94.6 Å². The fourth-order valence-corrected chi connectivity index (χ4v) is 3.83. The van der Waals surface area contributed by atoms with E-state index >= 15 is 0 Å². The molecule has 0 radical (unpaired) electrons. The molecular weight excluding hydrogens is 440 g/mol. The van der Waals surface area contributed by atoms with E-state index in [2.05, 4.69) is 4.90 Å². The fraction of sp³-hybridized carbons (Fsp3) is 0.600. The Morgan fingerprint density at radius 2 is 1.68 bits per heavy atom. The molecule has 1 aromatic rings. The van der Waals surface area contributed by atoms with E-state index in [1.807, 2.05) is 20.8 Å². The minimum absolute atomic E-state index is 0.229. The first kappa shape index (κ1) is 27.2. The van der Waals surface area contributed by atoms with E-state index in [1.54, 1.807) is 23.0 Å². The Morgan fingerprint density at radius 3 is 2.21 bits per heavy atom. The van der Waals surface area contributed by atoms with Gasteiger partial charge in [0.05, 0.1) is 27.2 Å². The van der Waals surface area contributed by atoms with Crippen LogP contribution in [0, 0.1) is 5.92 Å². The number of methoxy groups -OCH3 is 3. The van der Waals surface area contributed by atoms with Crippen LogP contribution in [0.15, 0.2) is 18.2 Å². The summed E-state index contributed by atoms with van der Waals surface area (Å²) in [6.07, 6.45) is 2.19. The zero-order valence-electron chi connectivity index (χ0n) is 21.0. The second-order valence-corrected chi connectivity index (χ2v) is 9.12. The number of benzene rings is 1. The van der Waals surface area contributed by atoms with Crippen LogP contribution in [-0.4, -0.2) is 87.3 Å². The van der Waals surface area contributed by atoms with Crippen molar-refractivity contribution in [3.05, 3.63) is 23.8 Å². The monoisotopic (exact) mass is 476 g/mol. The van der Waals surface area contributed by atoms with Gasteiger partial charge in [0, 0.05) is 31.3 Å². The molecular formula is C25H36N2O7. The zero-order chi connectivity index (χ0) is 25.3. The maximum Gasteiger partial charge on any atom is 0.410 e. The molecule has 1 saturated heterocycles. The number of nitrogens with zero attached hydrogens (tertiary/aromatic N) is 2. The normalized spacial score (nSPS) is 15.5. The number of carbonyl (C=O) groups excluding carboxylic acids is 3. The van der Waals surface area contributed by atoms with Gasteiger partial charge in [0.25, 0.3) is 0 Å². The van der Waals surface area contributed by atoms with Crippen molar-refractivity contribution in [2.75, 3.05) is 54.1 Å². The number of allylic oxidation sites excluding steroid dienone is 1. The van der Waals surface area contributed by atoms with Crippen LogP contribution in [-0.2, 0) is 9.53 Å².